The van der Waals surface area contributed by atoms with E-state index in [2.05, 4.69) is 12.3 Å². The maximum Gasteiger partial charge on any atom is 0.303 e. The van der Waals surface area contributed by atoms with Crippen LogP contribution in [0.4, 0.5) is 0 Å². The van der Waals surface area contributed by atoms with Gasteiger partial charge in [0.05, 0.1) is 8.07 Å². The van der Waals surface area contributed by atoms with Crippen molar-refractivity contribution in [2.24, 2.45) is 0 Å². The second kappa shape index (κ2) is 38.1. The second-order valence-corrected chi connectivity index (χ2v) is 20.5. The summed E-state index contributed by atoms with van der Waals surface area (Å²) in [6.07, 6.45) is 42.3. The number of hydrogen-bond acceptors (Lipinski definition) is 3. The molecule has 0 aliphatic rings. The number of carbonyl (C=O) groups is 3. The van der Waals surface area contributed by atoms with Crippen molar-refractivity contribution in [1.29, 1.82) is 0 Å². The minimum Gasteiger partial charge on any atom is -0.481 e. The Labute approximate surface area is 316 Å². The molecular formula is C44H84O6Si. The summed E-state index contributed by atoms with van der Waals surface area (Å²) >= 11 is 0. The van der Waals surface area contributed by atoms with E-state index < -0.39 is 26.0 Å². The zero-order valence-corrected chi connectivity index (χ0v) is 34.4. The molecule has 0 aromatic heterocycles. The molecule has 300 valence electrons. The Hall–Kier alpha value is -1.63. The second-order valence-electron chi connectivity index (χ2n) is 15.9. The van der Waals surface area contributed by atoms with Crippen LogP contribution in [0.15, 0.2) is 12.3 Å². The van der Waals surface area contributed by atoms with Crippen LogP contribution in [0.25, 0.3) is 0 Å². The highest BCUT2D eigenvalue weighted by Gasteiger charge is 2.27. The van der Waals surface area contributed by atoms with E-state index in [-0.39, 0.29) is 0 Å². The van der Waals surface area contributed by atoms with Gasteiger partial charge in [-0.15, -0.1) is 12.3 Å². The third kappa shape index (κ3) is 37.9. The highest BCUT2D eigenvalue weighted by molar-refractivity contribution is 6.84. The quantitative estimate of drug-likeness (QED) is 0.0424. The van der Waals surface area contributed by atoms with Gasteiger partial charge in [0, 0.05) is 19.3 Å². The van der Waals surface area contributed by atoms with Crippen LogP contribution in [0, 0.1) is 0 Å². The first kappa shape index (κ1) is 49.4. The van der Waals surface area contributed by atoms with E-state index in [1.165, 1.54) is 191 Å². The molecule has 0 unspecified atom stereocenters. The fourth-order valence-electron chi connectivity index (χ4n) is 7.71. The zero-order chi connectivity index (χ0) is 37.5. The first-order chi connectivity index (χ1) is 24.8. The van der Waals surface area contributed by atoms with E-state index >= 15 is 0 Å². The Balaban J connectivity index is 4.25. The van der Waals surface area contributed by atoms with E-state index in [1.54, 1.807) is 0 Å². The summed E-state index contributed by atoms with van der Waals surface area (Å²) < 4.78 is 0. The number of hydrogen-bond donors (Lipinski definition) is 3. The topological polar surface area (TPSA) is 112 Å². The summed E-state index contributed by atoms with van der Waals surface area (Å²) in [6.45, 7) is 4.46. The molecule has 7 heteroatoms. The van der Waals surface area contributed by atoms with Crippen molar-refractivity contribution in [1.82, 2.24) is 0 Å². The minimum atomic E-state index is -1.43. The molecule has 0 aliphatic carbocycles. The van der Waals surface area contributed by atoms with Crippen molar-refractivity contribution >= 4 is 26.0 Å². The van der Waals surface area contributed by atoms with Crippen molar-refractivity contribution in [3.8, 4) is 0 Å². The third-order valence-electron chi connectivity index (χ3n) is 11.1. The van der Waals surface area contributed by atoms with Crippen molar-refractivity contribution in [3.05, 3.63) is 12.3 Å². The number of unbranched alkanes of at least 4 members (excludes halogenated alkanes) is 30. The molecule has 3 N–H and O–H groups in total. The van der Waals surface area contributed by atoms with E-state index in [0.29, 0.717) is 19.3 Å². The number of rotatable bonds is 43. The molecule has 0 aliphatic heterocycles. The fourth-order valence-corrected chi connectivity index (χ4v) is 11.9. The average Bonchev–Trinajstić information content (AvgIpc) is 3.10. The van der Waals surface area contributed by atoms with Gasteiger partial charge < -0.3 is 15.3 Å². The molecule has 0 heterocycles. The van der Waals surface area contributed by atoms with Crippen LogP contribution in [-0.4, -0.2) is 41.3 Å². The van der Waals surface area contributed by atoms with Crippen LogP contribution < -0.4 is 0 Å². The lowest BCUT2D eigenvalue weighted by atomic mass is 10.1. The summed E-state index contributed by atoms with van der Waals surface area (Å²) in [4.78, 5) is 31.9. The van der Waals surface area contributed by atoms with Gasteiger partial charge in [-0.25, -0.2) is 0 Å². The lowest BCUT2D eigenvalue weighted by molar-refractivity contribution is -0.138. The van der Waals surface area contributed by atoms with Crippen LogP contribution in [0.1, 0.15) is 231 Å². The number of aliphatic carboxylic acids is 3. The van der Waals surface area contributed by atoms with Gasteiger partial charge >= 0.3 is 17.9 Å². The molecule has 0 aromatic carbocycles. The summed E-state index contributed by atoms with van der Waals surface area (Å²) in [7, 11) is -1.43. The largest absolute Gasteiger partial charge is 0.481 e. The van der Waals surface area contributed by atoms with Gasteiger partial charge in [0.25, 0.3) is 0 Å². The van der Waals surface area contributed by atoms with Crippen LogP contribution in [0.5, 0.6) is 0 Å². The predicted molar refractivity (Wildman–Crippen MR) is 219 cm³/mol. The van der Waals surface area contributed by atoms with Crippen molar-refractivity contribution in [2.45, 2.75) is 249 Å². The number of carboxylic acids is 3. The minimum absolute atomic E-state index is 0.319. The van der Waals surface area contributed by atoms with E-state index in [4.69, 9.17) is 15.3 Å². The van der Waals surface area contributed by atoms with Gasteiger partial charge in [-0.2, -0.15) is 0 Å². The molecule has 0 atom stereocenters. The number of carboxylic acid groups (broad SMARTS) is 3. The Kier molecular flexibility index (Phi) is 36.9. The van der Waals surface area contributed by atoms with Crippen molar-refractivity contribution < 1.29 is 29.7 Å². The molecule has 0 aromatic rings. The van der Waals surface area contributed by atoms with Gasteiger partial charge in [-0.05, 0) is 19.3 Å². The lowest BCUT2D eigenvalue weighted by Crippen LogP contribution is -2.31. The van der Waals surface area contributed by atoms with Gasteiger partial charge in [-0.1, -0.05) is 211 Å². The molecule has 51 heavy (non-hydrogen) atoms. The predicted octanol–water partition coefficient (Wildman–Crippen LogP) is 14.5. The van der Waals surface area contributed by atoms with Crippen LogP contribution >= 0.6 is 0 Å². The van der Waals surface area contributed by atoms with Crippen LogP contribution in [-0.2, 0) is 14.4 Å². The van der Waals surface area contributed by atoms with Gasteiger partial charge in [0.2, 0.25) is 0 Å². The zero-order valence-electron chi connectivity index (χ0n) is 33.4. The van der Waals surface area contributed by atoms with Gasteiger partial charge in [0.15, 0.2) is 0 Å². The highest BCUT2D eigenvalue weighted by Crippen LogP contribution is 2.31. The Bertz CT molecular complexity index is 718. The first-order valence-electron chi connectivity index (χ1n) is 22.1. The summed E-state index contributed by atoms with van der Waals surface area (Å²) in [6, 6.07) is 4.31. The lowest BCUT2D eigenvalue weighted by Gasteiger charge is -2.29. The first-order valence-corrected chi connectivity index (χ1v) is 24.8. The summed E-state index contributed by atoms with van der Waals surface area (Å²) in [5.41, 5.74) is 2.48. The molecule has 0 saturated heterocycles. The summed E-state index contributed by atoms with van der Waals surface area (Å²) in [5, 5.41) is 26.3. The third-order valence-corrected chi connectivity index (χ3v) is 16.0. The molecule has 0 amide bonds. The standard InChI is InChI=1S/C44H84O6Si/c1-2-51(39-33-27-21-15-9-3-6-12-18-24-30-36-42(45)46,40-34-28-22-16-10-4-7-13-19-25-31-37-43(47)48)41-35-29-23-17-11-5-8-14-20-26-32-38-44(49)50/h2H,1,3-41H2,(H,45,46)(H,47,48)(H,49,50). The van der Waals surface area contributed by atoms with Gasteiger partial charge in [0.1, 0.15) is 0 Å². The molecule has 0 fully saturated rings. The molecule has 0 radical (unpaired) electrons. The van der Waals surface area contributed by atoms with E-state index in [9.17, 15) is 14.4 Å². The maximum atomic E-state index is 10.6. The van der Waals surface area contributed by atoms with Crippen LogP contribution in [0.2, 0.25) is 18.1 Å². The molecular weight excluding hydrogens is 653 g/mol. The molecule has 0 bridgehead atoms. The smallest absolute Gasteiger partial charge is 0.303 e. The molecule has 0 saturated carbocycles. The van der Waals surface area contributed by atoms with E-state index in [1.807, 2.05) is 0 Å². The molecule has 6 nitrogen and oxygen atoms in total. The Morgan fingerprint density at radius 3 is 0.627 bits per heavy atom. The average molecular weight is 737 g/mol. The maximum absolute atomic E-state index is 10.6. The SMILES string of the molecule is C=C[Si](CCCCCCCCCCCCCC(=O)O)(CCCCCCCCCCCCCC(=O)O)CCCCCCCCCCCCCC(=O)O. The van der Waals surface area contributed by atoms with Gasteiger partial charge in [-0.3, -0.25) is 14.4 Å². The highest BCUT2D eigenvalue weighted by atomic mass is 28.3. The normalized spacial score (nSPS) is 11.6. The Morgan fingerprint density at radius 1 is 0.314 bits per heavy atom. The van der Waals surface area contributed by atoms with Crippen LogP contribution in [0.3, 0.4) is 0 Å². The van der Waals surface area contributed by atoms with Crippen molar-refractivity contribution in [2.75, 3.05) is 0 Å². The molecule has 0 spiro atoms. The molecule has 0 rings (SSSR count). The van der Waals surface area contributed by atoms with E-state index in [0.717, 1.165) is 38.5 Å². The van der Waals surface area contributed by atoms with Crippen molar-refractivity contribution in [3.63, 3.8) is 0 Å². The summed E-state index contributed by atoms with van der Waals surface area (Å²) in [5.74, 6) is -2.00. The monoisotopic (exact) mass is 737 g/mol. The fraction of sp³-hybridized carbons (Fsp3) is 0.886. The Morgan fingerprint density at radius 2 is 0.471 bits per heavy atom.